The molecule has 1 fully saturated rings. The van der Waals surface area contributed by atoms with Gasteiger partial charge in [0.05, 0.1) is 30.1 Å². The first-order chi connectivity index (χ1) is 17.8. The van der Waals surface area contributed by atoms with Crippen LogP contribution in [0.5, 0.6) is 11.5 Å². The predicted molar refractivity (Wildman–Crippen MR) is 142 cm³/mol. The molecule has 4 rings (SSSR count). The van der Waals surface area contributed by atoms with Crippen LogP contribution in [0.3, 0.4) is 0 Å². The highest BCUT2D eigenvalue weighted by Gasteiger charge is 2.23. The third-order valence-electron chi connectivity index (χ3n) is 6.01. The molecule has 1 saturated heterocycles. The number of nitrogens with one attached hydrogen (secondary N) is 3. The van der Waals surface area contributed by atoms with Gasteiger partial charge in [0, 0.05) is 49.2 Å². The minimum Gasteiger partial charge on any atom is -0.495 e. The predicted octanol–water partition coefficient (Wildman–Crippen LogP) is 4.15. The van der Waals surface area contributed by atoms with Gasteiger partial charge in [-0.2, -0.15) is 0 Å². The van der Waals surface area contributed by atoms with Crippen molar-refractivity contribution in [2.75, 3.05) is 37.5 Å². The van der Waals surface area contributed by atoms with E-state index in [1.165, 1.54) is 38.3 Å². The zero-order valence-corrected chi connectivity index (χ0v) is 21.9. The molecular weight excluding hydrogens is 499 g/mol. The number of hydrogen-bond donors (Lipinski definition) is 3. The lowest BCUT2D eigenvalue weighted by molar-refractivity contribution is 0.0958. The Kier molecular flexibility index (Phi) is 8.30. The number of amides is 1. The Hall–Kier alpha value is -3.63. The van der Waals surface area contributed by atoms with Gasteiger partial charge < -0.3 is 30.3 Å². The molecule has 37 heavy (non-hydrogen) atoms. The van der Waals surface area contributed by atoms with Crippen LogP contribution in [-0.4, -0.2) is 55.2 Å². The molecule has 11 heteroatoms. The van der Waals surface area contributed by atoms with Crippen LogP contribution in [0.2, 0.25) is 5.02 Å². The normalized spacial score (nSPS) is 17.3. The molecule has 0 saturated carbocycles. The van der Waals surface area contributed by atoms with E-state index in [1.54, 1.807) is 0 Å². The Balaban J connectivity index is 1.40. The third-order valence-corrected chi connectivity index (χ3v) is 6.42. The molecule has 1 aliphatic rings. The van der Waals surface area contributed by atoms with E-state index in [1.807, 2.05) is 12.1 Å². The third kappa shape index (κ3) is 6.20. The summed E-state index contributed by atoms with van der Waals surface area (Å²) >= 11 is 6.27. The molecule has 2 atom stereocenters. The van der Waals surface area contributed by atoms with Gasteiger partial charge in [-0.1, -0.05) is 11.6 Å². The van der Waals surface area contributed by atoms with Crippen molar-refractivity contribution in [1.82, 2.24) is 20.6 Å². The molecule has 2 heterocycles. The molecule has 3 aromatic rings. The molecule has 2 aromatic carbocycles. The number of halogens is 2. The van der Waals surface area contributed by atoms with Crippen molar-refractivity contribution in [2.24, 2.45) is 0 Å². The van der Waals surface area contributed by atoms with Crippen molar-refractivity contribution < 1.29 is 18.7 Å². The number of benzene rings is 2. The fourth-order valence-corrected chi connectivity index (χ4v) is 4.54. The van der Waals surface area contributed by atoms with Gasteiger partial charge in [-0.25, -0.2) is 14.4 Å². The summed E-state index contributed by atoms with van der Waals surface area (Å²) in [7, 11) is 2.80. The van der Waals surface area contributed by atoms with Crippen LogP contribution in [0.1, 0.15) is 29.8 Å². The molecule has 0 aliphatic carbocycles. The molecule has 0 radical (unpaired) electrons. The second-order valence-electron chi connectivity index (χ2n) is 8.89. The molecule has 3 N–H and O–H groups in total. The van der Waals surface area contributed by atoms with Crippen molar-refractivity contribution in [1.29, 1.82) is 0 Å². The lowest BCUT2D eigenvalue weighted by atomic mass is 10.1. The first-order valence-corrected chi connectivity index (χ1v) is 12.3. The summed E-state index contributed by atoms with van der Waals surface area (Å²) in [6, 6.07) is 10.2. The number of aromatic nitrogens is 2. The van der Waals surface area contributed by atoms with E-state index in [9.17, 15) is 9.18 Å². The largest absolute Gasteiger partial charge is 0.495 e. The maximum atomic E-state index is 15.0. The Morgan fingerprint density at radius 2 is 1.84 bits per heavy atom. The molecular formula is C26H30ClFN6O3. The van der Waals surface area contributed by atoms with Crippen molar-refractivity contribution in [3.63, 3.8) is 0 Å². The van der Waals surface area contributed by atoms with Crippen molar-refractivity contribution >= 4 is 34.8 Å². The van der Waals surface area contributed by atoms with E-state index in [0.717, 1.165) is 18.8 Å². The van der Waals surface area contributed by atoms with E-state index in [2.05, 4.69) is 56.8 Å². The number of piperazine rings is 1. The van der Waals surface area contributed by atoms with Crippen molar-refractivity contribution in [3.05, 3.63) is 64.7 Å². The Morgan fingerprint density at radius 3 is 2.43 bits per heavy atom. The van der Waals surface area contributed by atoms with E-state index < -0.39 is 11.7 Å². The minimum absolute atomic E-state index is 0.00446. The molecule has 9 nitrogen and oxygen atoms in total. The first kappa shape index (κ1) is 26.4. The summed E-state index contributed by atoms with van der Waals surface area (Å²) in [6.07, 6.45) is 2.94. The number of rotatable bonds is 8. The molecule has 1 aromatic heterocycles. The summed E-state index contributed by atoms with van der Waals surface area (Å²) in [5, 5.41) is 9.12. The summed E-state index contributed by atoms with van der Waals surface area (Å²) in [6.45, 7) is 6.05. The van der Waals surface area contributed by atoms with Gasteiger partial charge in [-0.05, 0) is 44.2 Å². The maximum Gasteiger partial charge on any atom is 0.254 e. The van der Waals surface area contributed by atoms with Crippen LogP contribution >= 0.6 is 11.6 Å². The molecule has 0 bridgehead atoms. The Labute approximate surface area is 220 Å². The smallest absolute Gasteiger partial charge is 0.254 e. The van der Waals surface area contributed by atoms with Crippen LogP contribution in [0.4, 0.5) is 21.7 Å². The summed E-state index contributed by atoms with van der Waals surface area (Å²) in [5.41, 5.74) is 1.82. The summed E-state index contributed by atoms with van der Waals surface area (Å²) in [4.78, 5) is 22.9. The van der Waals surface area contributed by atoms with Crippen LogP contribution in [0.15, 0.2) is 42.7 Å². The number of ether oxygens (including phenoxy) is 2. The topological polar surface area (TPSA) is 101 Å². The Morgan fingerprint density at radius 1 is 1.19 bits per heavy atom. The van der Waals surface area contributed by atoms with Gasteiger partial charge in [0.2, 0.25) is 5.95 Å². The average molecular weight is 529 g/mol. The standard InChI is InChI=1S/C26H30ClFN6O3/c1-15-12-34(13-16(2)32-15)18-7-5-17(6-8-18)33-26-30-10-19(11-31-26)37-14-21-23(27)22(36-4)9-20(24(21)28)25(35)29-3/h5-11,15-16,32H,12-14H2,1-4H3,(H,29,35)(H,30,31,33)/t15-,16+. The number of carbonyl (C=O) groups is 1. The minimum atomic E-state index is -0.780. The van der Waals surface area contributed by atoms with Crippen LogP contribution in [-0.2, 0) is 6.61 Å². The first-order valence-electron chi connectivity index (χ1n) is 11.9. The van der Waals surface area contributed by atoms with E-state index in [0.29, 0.717) is 23.8 Å². The van der Waals surface area contributed by atoms with E-state index >= 15 is 0 Å². The number of carbonyl (C=O) groups excluding carboxylic acids is 1. The van der Waals surface area contributed by atoms with Gasteiger partial charge in [0.15, 0.2) is 5.75 Å². The van der Waals surface area contributed by atoms with E-state index in [-0.39, 0.29) is 28.5 Å². The van der Waals surface area contributed by atoms with Gasteiger partial charge in [-0.15, -0.1) is 0 Å². The highest BCUT2D eigenvalue weighted by molar-refractivity contribution is 6.33. The number of anilines is 3. The van der Waals surface area contributed by atoms with Gasteiger partial charge in [0.1, 0.15) is 18.2 Å². The SMILES string of the molecule is CNC(=O)c1cc(OC)c(Cl)c(COc2cnc(Nc3ccc(N4C[C@@H](C)N[C@@H](C)C4)cc3)nc2)c1F. The second kappa shape index (κ2) is 11.6. The zero-order chi connectivity index (χ0) is 26.5. The average Bonchev–Trinajstić information content (AvgIpc) is 2.89. The quantitative estimate of drug-likeness (QED) is 0.401. The lowest BCUT2D eigenvalue weighted by Gasteiger charge is -2.37. The molecule has 1 aliphatic heterocycles. The maximum absolute atomic E-state index is 15.0. The Bertz CT molecular complexity index is 1230. The number of methoxy groups -OCH3 is 1. The van der Waals surface area contributed by atoms with Gasteiger partial charge in [-0.3, -0.25) is 4.79 Å². The van der Waals surface area contributed by atoms with Gasteiger partial charge in [0.25, 0.3) is 5.91 Å². The highest BCUT2D eigenvalue weighted by atomic mass is 35.5. The fraction of sp³-hybridized carbons (Fsp3) is 0.346. The van der Waals surface area contributed by atoms with Crippen molar-refractivity contribution in [3.8, 4) is 11.5 Å². The highest BCUT2D eigenvalue weighted by Crippen LogP contribution is 2.33. The molecule has 0 unspecified atom stereocenters. The van der Waals surface area contributed by atoms with Crippen LogP contribution in [0, 0.1) is 5.82 Å². The summed E-state index contributed by atoms with van der Waals surface area (Å²) in [5.74, 6) is -0.516. The second-order valence-corrected chi connectivity index (χ2v) is 9.27. The van der Waals surface area contributed by atoms with Crippen molar-refractivity contribution in [2.45, 2.75) is 32.5 Å². The number of nitrogens with zero attached hydrogens (tertiary/aromatic N) is 3. The molecule has 1 amide bonds. The zero-order valence-electron chi connectivity index (χ0n) is 21.1. The van der Waals surface area contributed by atoms with Gasteiger partial charge >= 0.3 is 0 Å². The molecule has 196 valence electrons. The fourth-order valence-electron chi connectivity index (χ4n) is 4.27. The van der Waals surface area contributed by atoms with E-state index in [4.69, 9.17) is 21.1 Å². The lowest BCUT2D eigenvalue weighted by Crippen LogP contribution is -2.54. The van der Waals surface area contributed by atoms with Crippen LogP contribution < -0.4 is 30.3 Å². The number of hydrogen-bond acceptors (Lipinski definition) is 8. The molecule has 0 spiro atoms. The van der Waals surface area contributed by atoms with Crippen LogP contribution in [0.25, 0.3) is 0 Å². The summed E-state index contributed by atoms with van der Waals surface area (Å²) < 4.78 is 25.8. The monoisotopic (exact) mass is 528 g/mol.